The summed E-state index contributed by atoms with van der Waals surface area (Å²) in [5.74, 6) is 0.000477. The maximum absolute atomic E-state index is 12.9. The number of aromatic nitrogens is 2. The predicted octanol–water partition coefficient (Wildman–Crippen LogP) is 4.50. The van der Waals surface area contributed by atoms with Gasteiger partial charge in [0.1, 0.15) is 0 Å². The number of hydrogen-bond donors (Lipinski definition) is 0. The molecule has 4 rings (SSSR count). The minimum Gasteiger partial charge on any atom is -0.340 e. The first-order valence-electron chi connectivity index (χ1n) is 8.69. The summed E-state index contributed by atoms with van der Waals surface area (Å²) in [7, 11) is 0. The van der Waals surface area contributed by atoms with Crippen molar-refractivity contribution in [2.75, 3.05) is 0 Å². The zero-order valence-electron chi connectivity index (χ0n) is 14.9. The third-order valence-corrected chi connectivity index (χ3v) is 4.60. The minimum absolute atomic E-state index is 0.000477. The van der Waals surface area contributed by atoms with Crippen LogP contribution in [0.5, 0.6) is 0 Å². The molecule has 0 bridgehead atoms. The number of ketones is 1. The molecule has 0 saturated carbocycles. The van der Waals surface area contributed by atoms with Crippen molar-refractivity contribution in [1.82, 2.24) is 9.55 Å². The highest BCUT2D eigenvalue weighted by atomic mass is 16.1. The summed E-state index contributed by atoms with van der Waals surface area (Å²) in [6, 6.07) is 20.9. The molecule has 0 saturated heterocycles. The van der Waals surface area contributed by atoms with Gasteiger partial charge in [-0.2, -0.15) is 5.26 Å². The van der Waals surface area contributed by atoms with E-state index in [1.54, 1.807) is 6.07 Å². The Kier molecular flexibility index (Phi) is 4.27. The van der Waals surface area contributed by atoms with Crippen LogP contribution in [0.4, 0.5) is 0 Å². The van der Waals surface area contributed by atoms with Gasteiger partial charge in [0, 0.05) is 29.9 Å². The highest BCUT2D eigenvalue weighted by Crippen LogP contribution is 2.18. The fourth-order valence-electron chi connectivity index (χ4n) is 3.14. The topological polar surface area (TPSA) is 58.7 Å². The Morgan fingerprint density at radius 3 is 2.70 bits per heavy atom. The van der Waals surface area contributed by atoms with E-state index in [1.807, 2.05) is 78.5 Å². The molecule has 0 atom stereocenters. The molecule has 0 amide bonds. The number of hydrogen-bond acceptors (Lipinski definition) is 3. The van der Waals surface area contributed by atoms with Gasteiger partial charge in [0.15, 0.2) is 0 Å². The van der Waals surface area contributed by atoms with E-state index in [0.717, 1.165) is 22.0 Å². The molecule has 2 heterocycles. The standard InChI is InChI=1S/C23H17N3O/c1-16-4-7-19(8-5-16)23(27)22-3-2-10-26(22)15-18-12-20-11-17(13-24)6-9-21(20)25-14-18/h2-12,14H,15H2,1H3. The first-order valence-corrected chi connectivity index (χ1v) is 8.69. The molecule has 0 N–H and O–H groups in total. The Morgan fingerprint density at radius 1 is 1.11 bits per heavy atom. The van der Waals surface area contributed by atoms with E-state index in [4.69, 9.17) is 5.26 Å². The van der Waals surface area contributed by atoms with Crippen molar-refractivity contribution in [3.63, 3.8) is 0 Å². The van der Waals surface area contributed by atoms with E-state index < -0.39 is 0 Å². The Morgan fingerprint density at radius 2 is 1.93 bits per heavy atom. The summed E-state index contributed by atoms with van der Waals surface area (Å²) in [4.78, 5) is 17.3. The van der Waals surface area contributed by atoms with E-state index in [9.17, 15) is 4.79 Å². The molecule has 0 aliphatic carbocycles. The minimum atomic E-state index is 0.000477. The van der Waals surface area contributed by atoms with Crippen LogP contribution < -0.4 is 0 Å². The molecule has 27 heavy (non-hydrogen) atoms. The molecule has 0 fully saturated rings. The Balaban J connectivity index is 1.65. The van der Waals surface area contributed by atoms with Crippen molar-refractivity contribution in [1.29, 1.82) is 5.26 Å². The number of benzene rings is 2. The van der Waals surface area contributed by atoms with Crippen LogP contribution in [0.2, 0.25) is 0 Å². The van der Waals surface area contributed by atoms with Crippen LogP contribution in [0.3, 0.4) is 0 Å². The molecule has 0 aliphatic heterocycles. The SMILES string of the molecule is Cc1ccc(C(=O)c2cccn2Cc2cnc3ccc(C#N)cc3c2)cc1. The lowest BCUT2D eigenvalue weighted by Gasteiger charge is -2.10. The molecule has 2 aromatic heterocycles. The molecule has 4 nitrogen and oxygen atoms in total. The third-order valence-electron chi connectivity index (χ3n) is 4.60. The van der Waals surface area contributed by atoms with Crippen LogP contribution in [0, 0.1) is 18.3 Å². The van der Waals surface area contributed by atoms with E-state index in [-0.39, 0.29) is 5.78 Å². The second-order valence-corrected chi connectivity index (χ2v) is 6.58. The number of nitrogens with zero attached hydrogens (tertiary/aromatic N) is 3. The number of pyridine rings is 1. The predicted molar refractivity (Wildman–Crippen MR) is 105 cm³/mol. The van der Waals surface area contributed by atoms with Gasteiger partial charge in [-0.05, 0) is 48.9 Å². The average Bonchev–Trinajstić information content (AvgIpc) is 3.15. The van der Waals surface area contributed by atoms with Crippen LogP contribution in [0.1, 0.15) is 32.7 Å². The van der Waals surface area contributed by atoms with E-state index in [0.29, 0.717) is 23.4 Å². The molecular weight excluding hydrogens is 334 g/mol. The molecule has 0 aliphatic rings. The van der Waals surface area contributed by atoms with Gasteiger partial charge in [-0.15, -0.1) is 0 Å². The molecule has 130 valence electrons. The first kappa shape index (κ1) is 16.7. The zero-order chi connectivity index (χ0) is 18.8. The second-order valence-electron chi connectivity index (χ2n) is 6.58. The molecule has 0 unspecified atom stereocenters. The van der Waals surface area contributed by atoms with Crippen LogP contribution >= 0.6 is 0 Å². The van der Waals surface area contributed by atoms with Gasteiger partial charge in [0.25, 0.3) is 0 Å². The summed E-state index contributed by atoms with van der Waals surface area (Å²) >= 11 is 0. The van der Waals surface area contributed by atoms with Crippen LogP contribution in [-0.2, 0) is 6.54 Å². The fraction of sp³-hybridized carbons (Fsp3) is 0.0870. The van der Waals surface area contributed by atoms with Crippen molar-refractivity contribution in [2.24, 2.45) is 0 Å². The van der Waals surface area contributed by atoms with Gasteiger partial charge in [-0.1, -0.05) is 29.8 Å². The molecule has 0 radical (unpaired) electrons. The first-order chi connectivity index (χ1) is 13.1. The van der Waals surface area contributed by atoms with E-state index in [2.05, 4.69) is 11.1 Å². The van der Waals surface area contributed by atoms with Gasteiger partial charge < -0.3 is 4.57 Å². The summed E-state index contributed by atoms with van der Waals surface area (Å²) in [5, 5.41) is 10.0. The monoisotopic (exact) mass is 351 g/mol. The summed E-state index contributed by atoms with van der Waals surface area (Å²) in [6.45, 7) is 2.54. The molecule has 4 heteroatoms. The summed E-state index contributed by atoms with van der Waals surface area (Å²) < 4.78 is 1.93. The van der Waals surface area contributed by atoms with Crippen LogP contribution in [0.15, 0.2) is 73.1 Å². The quantitative estimate of drug-likeness (QED) is 0.509. The molecule has 2 aromatic carbocycles. The maximum atomic E-state index is 12.9. The van der Waals surface area contributed by atoms with E-state index >= 15 is 0 Å². The Labute approximate surface area is 157 Å². The normalized spacial score (nSPS) is 10.7. The average molecular weight is 351 g/mol. The second kappa shape index (κ2) is 6.89. The van der Waals surface area contributed by atoms with Crippen LogP contribution in [0.25, 0.3) is 10.9 Å². The molecular formula is C23H17N3O. The highest BCUT2D eigenvalue weighted by Gasteiger charge is 2.13. The zero-order valence-corrected chi connectivity index (χ0v) is 14.9. The lowest BCUT2D eigenvalue weighted by molar-refractivity contribution is 0.103. The van der Waals surface area contributed by atoms with Crippen molar-refractivity contribution in [3.05, 3.63) is 101 Å². The largest absolute Gasteiger partial charge is 0.340 e. The number of fused-ring (bicyclic) bond motifs is 1. The van der Waals surface area contributed by atoms with Gasteiger partial charge in [-0.25, -0.2) is 0 Å². The number of carbonyl (C=O) groups excluding carboxylic acids is 1. The smallest absolute Gasteiger partial charge is 0.209 e. The summed E-state index contributed by atoms with van der Waals surface area (Å²) in [5.41, 5.74) is 4.88. The van der Waals surface area contributed by atoms with Gasteiger partial charge >= 0.3 is 0 Å². The Bertz CT molecular complexity index is 1180. The third kappa shape index (κ3) is 3.36. The van der Waals surface area contributed by atoms with Gasteiger partial charge in [-0.3, -0.25) is 9.78 Å². The summed E-state index contributed by atoms with van der Waals surface area (Å²) in [6.07, 6.45) is 3.71. The van der Waals surface area contributed by atoms with Crippen molar-refractivity contribution in [2.45, 2.75) is 13.5 Å². The van der Waals surface area contributed by atoms with E-state index in [1.165, 1.54) is 0 Å². The fourth-order valence-corrected chi connectivity index (χ4v) is 3.14. The van der Waals surface area contributed by atoms with Gasteiger partial charge in [0.05, 0.1) is 22.8 Å². The Hall–Kier alpha value is -3.71. The maximum Gasteiger partial charge on any atom is 0.209 e. The van der Waals surface area contributed by atoms with Crippen molar-refractivity contribution >= 4 is 16.7 Å². The number of nitriles is 1. The van der Waals surface area contributed by atoms with Gasteiger partial charge in [0.2, 0.25) is 5.78 Å². The highest BCUT2D eigenvalue weighted by molar-refractivity contribution is 6.08. The van der Waals surface area contributed by atoms with Crippen LogP contribution in [-0.4, -0.2) is 15.3 Å². The number of rotatable bonds is 4. The number of aryl methyl sites for hydroxylation is 1. The van der Waals surface area contributed by atoms with Crippen molar-refractivity contribution < 1.29 is 4.79 Å². The lowest BCUT2D eigenvalue weighted by Crippen LogP contribution is -2.10. The lowest BCUT2D eigenvalue weighted by atomic mass is 10.1. The van der Waals surface area contributed by atoms with Crippen molar-refractivity contribution in [3.8, 4) is 6.07 Å². The number of carbonyl (C=O) groups is 1. The molecule has 0 spiro atoms. The molecule has 4 aromatic rings.